The average Bonchev–Trinajstić information content (AvgIpc) is 2.51. The molecule has 2 aromatic rings. The van der Waals surface area contributed by atoms with Crippen molar-refractivity contribution in [3.8, 4) is 5.75 Å². The van der Waals surface area contributed by atoms with Crippen molar-refractivity contribution in [3.63, 3.8) is 0 Å². The SMILES string of the molecule is O=[N+]([O-])c1ccc(OCc2ccc(C(F)(F)F)cc2)c(C(F)(F)F)c1. The summed E-state index contributed by atoms with van der Waals surface area (Å²) in [6.45, 7) is -0.432. The normalized spacial score (nSPS) is 12.1. The van der Waals surface area contributed by atoms with Crippen LogP contribution in [0.25, 0.3) is 0 Å². The second-order valence-corrected chi connectivity index (χ2v) is 4.92. The Morgan fingerprint density at radius 1 is 0.920 bits per heavy atom. The van der Waals surface area contributed by atoms with Crippen molar-refractivity contribution in [3.05, 3.63) is 69.3 Å². The smallest absolute Gasteiger partial charge is 0.420 e. The number of rotatable bonds is 4. The van der Waals surface area contributed by atoms with Crippen LogP contribution in [0.2, 0.25) is 0 Å². The fourth-order valence-electron chi connectivity index (χ4n) is 1.93. The Labute approximate surface area is 136 Å². The number of nitro benzene ring substituents is 1. The van der Waals surface area contributed by atoms with E-state index in [0.717, 1.165) is 36.4 Å². The summed E-state index contributed by atoms with van der Waals surface area (Å²) in [5.41, 5.74) is -2.79. The van der Waals surface area contributed by atoms with Crippen LogP contribution in [0.5, 0.6) is 5.75 Å². The van der Waals surface area contributed by atoms with Crippen molar-refractivity contribution in [2.45, 2.75) is 19.0 Å². The van der Waals surface area contributed by atoms with E-state index in [4.69, 9.17) is 4.74 Å². The highest BCUT2D eigenvalue weighted by Gasteiger charge is 2.36. The van der Waals surface area contributed by atoms with Gasteiger partial charge in [-0.3, -0.25) is 10.1 Å². The predicted molar refractivity (Wildman–Crippen MR) is 73.9 cm³/mol. The van der Waals surface area contributed by atoms with Crippen LogP contribution >= 0.6 is 0 Å². The summed E-state index contributed by atoms with van der Waals surface area (Å²) in [5, 5.41) is 10.6. The van der Waals surface area contributed by atoms with Gasteiger partial charge >= 0.3 is 12.4 Å². The Morgan fingerprint density at radius 2 is 1.52 bits per heavy atom. The van der Waals surface area contributed by atoms with Gasteiger partial charge in [-0.1, -0.05) is 12.1 Å². The number of non-ortho nitro benzene ring substituents is 1. The van der Waals surface area contributed by atoms with Gasteiger partial charge in [-0.2, -0.15) is 26.3 Å². The summed E-state index contributed by atoms with van der Waals surface area (Å²) in [6.07, 6.45) is -9.41. The van der Waals surface area contributed by atoms with Crippen molar-refractivity contribution >= 4 is 5.69 Å². The van der Waals surface area contributed by atoms with E-state index in [-0.39, 0.29) is 5.56 Å². The third kappa shape index (κ3) is 4.61. The molecule has 0 fully saturated rings. The van der Waals surface area contributed by atoms with Crippen LogP contribution in [0.15, 0.2) is 42.5 Å². The zero-order chi connectivity index (χ0) is 18.8. The lowest BCUT2D eigenvalue weighted by atomic mass is 10.1. The highest BCUT2D eigenvalue weighted by atomic mass is 19.4. The van der Waals surface area contributed by atoms with E-state index >= 15 is 0 Å². The monoisotopic (exact) mass is 365 g/mol. The number of nitro groups is 1. The topological polar surface area (TPSA) is 52.4 Å². The van der Waals surface area contributed by atoms with Gasteiger partial charge in [0.05, 0.1) is 10.5 Å². The van der Waals surface area contributed by atoms with Crippen LogP contribution < -0.4 is 4.74 Å². The Bertz CT molecular complexity index is 768. The minimum Gasteiger partial charge on any atom is -0.488 e. The van der Waals surface area contributed by atoms with Gasteiger partial charge in [-0.25, -0.2) is 0 Å². The zero-order valence-corrected chi connectivity index (χ0v) is 12.2. The third-order valence-corrected chi connectivity index (χ3v) is 3.15. The number of benzene rings is 2. The molecule has 0 radical (unpaired) electrons. The molecule has 25 heavy (non-hydrogen) atoms. The molecule has 0 saturated carbocycles. The Kier molecular flexibility index (Phi) is 4.91. The molecule has 0 bridgehead atoms. The summed E-state index contributed by atoms with van der Waals surface area (Å²) in [5.74, 6) is -0.655. The van der Waals surface area contributed by atoms with Gasteiger partial charge in [0.2, 0.25) is 0 Å². The van der Waals surface area contributed by atoms with Crippen LogP contribution in [0.3, 0.4) is 0 Å². The van der Waals surface area contributed by atoms with Gasteiger partial charge < -0.3 is 4.74 Å². The van der Waals surface area contributed by atoms with E-state index in [1.54, 1.807) is 0 Å². The number of hydrogen-bond donors (Lipinski definition) is 0. The van der Waals surface area contributed by atoms with Crippen molar-refractivity contribution in [1.29, 1.82) is 0 Å². The first-order chi connectivity index (χ1) is 11.5. The second-order valence-electron chi connectivity index (χ2n) is 4.92. The van der Waals surface area contributed by atoms with Crippen LogP contribution in [-0.2, 0) is 19.0 Å². The quantitative estimate of drug-likeness (QED) is 0.425. The molecule has 0 amide bonds. The maximum absolute atomic E-state index is 13.0. The second kappa shape index (κ2) is 6.61. The maximum atomic E-state index is 13.0. The summed E-state index contributed by atoms with van der Waals surface area (Å²) < 4.78 is 81.2. The van der Waals surface area contributed by atoms with Gasteiger partial charge in [0.25, 0.3) is 5.69 Å². The van der Waals surface area contributed by atoms with Gasteiger partial charge in [0, 0.05) is 12.1 Å². The third-order valence-electron chi connectivity index (χ3n) is 3.15. The van der Waals surface area contributed by atoms with Gasteiger partial charge in [0.15, 0.2) is 0 Å². The standard InChI is InChI=1S/C15H9F6NO3/c16-14(17,18)10-3-1-9(2-4-10)8-25-13-6-5-11(22(23)24)7-12(13)15(19,20)21/h1-7H,8H2. The van der Waals surface area contributed by atoms with Gasteiger partial charge in [-0.05, 0) is 23.8 Å². The molecule has 0 aromatic heterocycles. The number of ether oxygens (including phenoxy) is 1. The molecular formula is C15H9F6NO3. The molecule has 0 aliphatic carbocycles. The lowest BCUT2D eigenvalue weighted by molar-refractivity contribution is -0.385. The van der Waals surface area contributed by atoms with Crippen LogP contribution in [-0.4, -0.2) is 4.92 Å². The molecule has 0 saturated heterocycles. The van der Waals surface area contributed by atoms with Crippen molar-refractivity contribution < 1.29 is 36.0 Å². The summed E-state index contributed by atoms with van der Waals surface area (Å²) >= 11 is 0. The molecule has 0 spiro atoms. The van der Waals surface area contributed by atoms with Crippen molar-refractivity contribution in [1.82, 2.24) is 0 Å². The van der Waals surface area contributed by atoms with Gasteiger partial charge in [0.1, 0.15) is 17.9 Å². The molecule has 0 unspecified atom stereocenters. The first-order valence-electron chi connectivity index (χ1n) is 6.63. The number of nitrogens with zero attached hydrogens (tertiary/aromatic N) is 1. The van der Waals surface area contributed by atoms with E-state index in [0.29, 0.717) is 6.07 Å². The molecule has 2 rings (SSSR count). The Morgan fingerprint density at radius 3 is 2.00 bits per heavy atom. The maximum Gasteiger partial charge on any atom is 0.420 e. The largest absolute Gasteiger partial charge is 0.488 e. The van der Waals surface area contributed by atoms with Crippen LogP contribution in [0, 0.1) is 10.1 Å². The molecule has 10 heteroatoms. The first-order valence-corrected chi connectivity index (χ1v) is 6.63. The lowest BCUT2D eigenvalue weighted by Gasteiger charge is -2.14. The molecule has 0 atom stereocenters. The Balaban J connectivity index is 2.21. The number of halogens is 6. The minimum atomic E-state index is -4.89. The molecule has 4 nitrogen and oxygen atoms in total. The summed E-state index contributed by atoms with van der Waals surface area (Å²) in [7, 11) is 0. The Hall–Kier alpha value is -2.78. The predicted octanol–water partition coefficient (Wildman–Crippen LogP) is 5.21. The van der Waals surface area contributed by atoms with Crippen LogP contribution in [0.1, 0.15) is 16.7 Å². The molecule has 134 valence electrons. The summed E-state index contributed by atoms with van der Waals surface area (Å²) in [6, 6.07) is 5.67. The van der Waals surface area contributed by atoms with Crippen molar-refractivity contribution in [2.24, 2.45) is 0 Å². The molecule has 0 aliphatic rings. The van der Waals surface area contributed by atoms with E-state index in [1.165, 1.54) is 0 Å². The van der Waals surface area contributed by atoms with Crippen LogP contribution in [0.4, 0.5) is 32.0 Å². The zero-order valence-electron chi connectivity index (χ0n) is 12.2. The fraction of sp³-hybridized carbons (Fsp3) is 0.200. The van der Waals surface area contributed by atoms with E-state index in [2.05, 4.69) is 0 Å². The van der Waals surface area contributed by atoms with Gasteiger partial charge in [-0.15, -0.1) is 0 Å². The molecular weight excluding hydrogens is 356 g/mol. The molecule has 0 aliphatic heterocycles. The van der Waals surface area contributed by atoms with E-state index in [9.17, 15) is 36.5 Å². The molecule has 0 N–H and O–H groups in total. The van der Waals surface area contributed by atoms with E-state index in [1.807, 2.05) is 0 Å². The highest BCUT2D eigenvalue weighted by molar-refractivity contribution is 5.45. The number of hydrogen-bond acceptors (Lipinski definition) is 3. The minimum absolute atomic E-state index is 0.208. The first kappa shape index (κ1) is 18.6. The summed E-state index contributed by atoms with van der Waals surface area (Å²) in [4.78, 5) is 9.61. The molecule has 0 heterocycles. The molecule has 2 aromatic carbocycles. The fourth-order valence-corrected chi connectivity index (χ4v) is 1.93. The lowest BCUT2D eigenvalue weighted by Crippen LogP contribution is -2.10. The average molecular weight is 365 g/mol. The number of alkyl halides is 6. The van der Waals surface area contributed by atoms with Crippen molar-refractivity contribution in [2.75, 3.05) is 0 Å². The van der Waals surface area contributed by atoms with E-state index < -0.39 is 46.4 Å². The highest BCUT2D eigenvalue weighted by Crippen LogP contribution is 2.38.